The van der Waals surface area contributed by atoms with Crippen molar-refractivity contribution in [3.63, 3.8) is 0 Å². The molecule has 2 aliphatic rings. The van der Waals surface area contributed by atoms with E-state index in [1.165, 1.54) is 15.8 Å². The molecule has 4 heteroatoms. The van der Waals surface area contributed by atoms with Gasteiger partial charge in [0.1, 0.15) is 5.75 Å². The molecule has 0 aromatic carbocycles. The van der Waals surface area contributed by atoms with Crippen LogP contribution in [-0.4, -0.2) is 19.7 Å². The average molecular weight is 344 g/mol. The minimum absolute atomic E-state index is 0.303. The maximum absolute atomic E-state index is 6.16. The molecule has 3 rings (SSSR count). The van der Waals surface area contributed by atoms with Gasteiger partial charge in [-0.25, -0.2) is 0 Å². The Balaban J connectivity index is 2.04. The number of rotatable bonds is 6. The van der Waals surface area contributed by atoms with Gasteiger partial charge in [0.25, 0.3) is 0 Å². The molecule has 1 heterocycles. The summed E-state index contributed by atoms with van der Waals surface area (Å²) in [5.41, 5.74) is 3.68. The molecule has 3 nitrogen and oxygen atoms in total. The molecular formula is C20H24O3S. The van der Waals surface area contributed by atoms with Crippen LogP contribution in [0.15, 0.2) is 35.7 Å². The van der Waals surface area contributed by atoms with Gasteiger partial charge in [0, 0.05) is 28.3 Å². The fourth-order valence-electron chi connectivity index (χ4n) is 2.86. The molecule has 0 radical (unpaired) electrons. The Morgan fingerprint density at radius 1 is 0.875 bits per heavy atom. The third kappa shape index (κ3) is 3.27. The average Bonchev–Trinajstić information content (AvgIpc) is 3.03. The number of thiophene rings is 1. The second kappa shape index (κ2) is 7.09. The first-order valence-electron chi connectivity index (χ1n) is 8.29. The molecular weight excluding hydrogens is 320 g/mol. The number of ether oxygens (including phenoxy) is 3. The van der Waals surface area contributed by atoms with Gasteiger partial charge >= 0.3 is 0 Å². The third-order valence-electron chi connectivity index (χ3n) is 4.24. The second-order valence-corrected chi connectivity index (χ2v) is 7.18. The van der Waals surface area contributed by atoms with Gasteiger partial charge in [0.15, 0.2) is 12.6 Å². The van der Waals surface area contributed by atoms with Crippen LogP contribution in [0.5, 0.6) is 5.75 Å². The van der Waals surface area contributed by atoms with Crippen LogP contribution in [0.4, 0.5) is 0 Å². The predicted molar refractivity (Wildman–Crippen MR) is 100 cm³/mol. The van der Waals surface area contributed by atoms with E-state index in [0.29, 0.717) is 5.92 Å². The van der Waals surface area contributed by atoms with Gasteiger partial charge in [-0.2, -0.15) is 0 Å². The Morgan fingerprint density at radius 2 is 1.58 bits per heavy atom. The number of hydrogen-bond donors (Lipinski definition) is 0. The summed E-state index contributed by atoms with van der Waals surface area (Å²) < 4.78 is 18.3. The minimum Gasteiger partial charge on any atom is -0.464 e. The summed E-state index contributed by atoms with van der Waals surface area (Å²) in [5.74, 6) is 1.39. The van der Waals surface area contributed by atoms with Crippen molar-refractivity contribution in [2.45, 2.75) is 46.2 Å². The molecule has 2 atom stereocenters. The van der Waals surface area contributed by atoms with E-state index in [1.54, 1.807) is 18.4 Å². The molecule has 0 bridgehead atoms. The zero-order valence-corrected chi connectivity index (χ0v) is 15.6. The summed E-state index contributed by atoms with van der Waals surface area (Å²) in [6.07, 6.45) is -0.688. The summed E-state index contributed by atoms with van der Waals surface area (Å²) in [4.78, 5) is 0. The van der Waals surface area contributed by atoms with E-state index < -0.39 is 0 Å². The van der Waals surface area contributed by atoms with Gasteiger partial charge in [-0.05, 0) is 36.8 Å². The molecule has 2 unspecified atom stereocenters. The van der Waals surface area contributed by atoms with Gasteiger partial charge < -0.3 is 14.2 Å². The van der Waals surface area contributed by atoms with Crippen molar-refractivity contribution in [3.8, 4) is 16.9 Å². The summed E-state index contributed by atoms with van der Waals surface area (Å²) in [6, 6.07) is 10.9. The lowest BCUT2D eigenvalue weighted by Gasteiger charge is -2.19. The fourth-order valence-corrected chi connectivity index (χ4v) is 3.80. The van der Waals surface area contributed by atoms with E-state index in [1.807, 2.05) is 13.8 Å². The van der Waals surface area contributed by atoms with E-state index in [0.717, 1.165) is 16.7 Å². The lowest BCUT2D eigenvalue weighted by molar-refractivity contribution is -0.192. The molecule has 1 aromatic rings. The van der Waals surface area contributed by atoms with Crippen molar-refractivity contribution in [2.24, 2.45) is 0 Å². The fraction of sp³-hybridized carbons (Fsp3) is 0.400. The smallest absolute Gasteiger partial charge is 0.199 e. The van der Waals surface area contributed by atoms with Crippen LogP contribution in [0.2, 0.25) is 0 Å². The van der Waals surface area contributed by atoms with Gasteiger partial charge in [-0.15, -0.1) is 11.3 Å². The van der Waals surface area contributed by atoms with Crippen LogP contribution >= 0.6 is 11.3 Å². The monoisotopic (exact) mass is 344 g/mol. The van der Waals surface area contributed by atoms with E-state index >= 15 is 0 Å². The lowest BCUT2D eigenvalue weighted by Crippen LogP contribution is -2.23. The van der Waals surface area contributed by atoms with Crippen molar-refractivity contribution in [1.82, 2.24) is 0 Å². The second-order valence-electron chi connectivity index (χ2n) is 6.27. The van der Waals surface area contributed by atoms with Crippen molar-refractivity contribution in [1.29, 1.82) is 0 Å². The SMILES string of the molecule is COC(C)OC(C)Oc1c2ccc(C(C)C)ccc-2c2sccc12. The zero-order valence-electron chi connectivity index (χ0n) is 14.8. The normalized spacial score (nSPS) is 14.4. The van der Waals surface area contributed by atoms with Crippen molar-refractivity contribution in [2.75, 3.05) is 7.11 Å². The number of fused-ring (bicyclic) bond motifs is 3. The van der Waals surface area contributed by atoms with Crippen LogP contribution in [-0.2, 0) is 9.47 Å². The standard InChI is InChI=1S/C20H24O3S/c1-12(2)15-6-8-16-17(9-7-15)20-18(10-11-24-20)19(16)23-14(4)22-13(3)21-5/h6-14H,1-5H3. The van der Waals surface area contributed by atoms with E-state index in [-0.39, 0.29) is 12.6 Å². The van der Waals surface area contributed by atoms with E-state index in [9.17, 15) is 0 Å². The summed E-state index contributed by atoms with van der Waals surface area (Å²) >= 11 is 1.75. The summed E-state index contributed by atoms with van der Waals surface area (Å²) in [7, 11) is 1.62. The summed E-state index contributed by atoms with van der Waals surface area (Å²) in [6.45, 7) is 8.17. The molecule has 1 aromatic heterocycles. The molecule has 2 aliphatic carbocycles. The Hall–Kier alpha value is -1.62. The van der Waals surface area contributed by atoms with Crippen LogP contribution in [0.3, 0.4) is 0 Å². The molecule has 0 aliphatic heterocycles. The first kappa shape index (κ1) is 17.2. The topological polar surface area (TPSA) is 27.7 Å². The highest BCUT2D eigenvalue weighted by atomic mass is 32.1. The highest BCUT2D eigenvalue weighted by molar-refractivity contribution is 7.18. The predicted octanol–water partition coefficient (Wildman–Crippen LogP) is 5.86. The first-order valence-corrected chi connectivity index (χ1v) is 9.17. The van der Waals surface area contributed by atoms with E-state index in [2.05, 4.69) is 49.6 Å². The largest absolute Gasteiger partial charge is 0.464 e. The van der Waals surface area contributed by atoms with Gasteiger partial charge in [-0.3, -0.25) is 0 Å². The number of methoxy groups -OCH3 is 1. The number of hydrogen-bond acceptors (Lipinski definition) is 4. The molecule has 0 amide bonds. The Bertz CT molecular complexity index is 793. The summed E-state index contributed by atoms with van der Waals surface area (Å²) in [5, 5.41) is 3.25. The lowest BCUT2D eigenvalue weighted by atomic mass is 10.1. The van der Waals surface area contributed by atoms with Crippen LogP contribution in [0, 0.1) is 0 Å². The van der Waals surface area contributed by atoms with E-state index in [4.69, 9.17) is 14.2 Å². The van der Waals surface area contributed by atoms with Crippen molar-refractivity contribution < 1.29 is 14.2 Å². The van der Waals surface area contributed by atoms with Crippen molar-refractivity contribution in [3.05, 3.63) is 41.3 Å². The van der Waals surface area contributed by atoms with Gasteiger partial charge in [-0.1, -0.05) is 38.1 Å². The Labute approximate surface area is 147 Å². The molecule has 0 N–H and O–H groups in total. The van der Waals surface area contributed by atoms with Gasteiger partial charge in [0.05, 0.1) is 0 Å². The minimum atomic E-state index is -0.385. The maximum Gasteiger partial charge on any atom is 0.199 e. The quantitative estimate of drug-likeness (QED) is 0.524. The van der Waals surface area contributed by atoms with Crippen LogP contribution < -0.4 is 4.74 Å². The van der Waals surface area contributed by atoms with Crippen LogP contribution in [0.1, 0.15) is 39.2 Å². The molecule has 0 saturated heterocycles. The zero-order chi connectivity index (χ0) is 17.3. The molecule has 128 valence electrons. The maximum atomic E-state index is 6.16. The molecule has 0 saturated carbocycles. The third-order valence-corrected chi connectivity index (χ3v) is 5.19. The Kier molecular flexibility index (Phi) is 5.09. The van der Waals surface area contributed by atoms with Crippen LogP contribution in [0.25, 0.3) is 21.2 Å². The van der Waals surface area contributed by atoms with Crippen molar-refractivity contribution >= 4 is 21.4 Å². The van der Waals surface area contributed by atoms with Gasteiger partial charge in [0.2, 0.25) is 0 Å². The molecule has 24 heavy (non-hydrogen) atoms. The first-order chi connectivity index (χ1) is 11.5. The highest BCUT2D eigenvalue weighted by Crippen LogP contribution is 2.47. The molecule has 0 spiro atoms. The molecule has 0 fully saturated rings. The Morgan fingerprint density at radius 3 is 2.25 bits per heavy atom. The highest BCUT2D eigenvalue weighted by Gasteiger charge is 2.22.